The maximum atomic E-state index is 13.6. The molecule has 0 radical (unpaired) electrons. The number of carbonyl (C=O) groups excluding carboxylic acids is 1. The Balaban J connectivity index is 1.66. The van der Waals surface area contributed by atoms with Crippen LogP contribution in [0.25, 0.3) is 0 Å². The molecule has 4 nitrogen and oxygen atoms in total. The lowest BCUT2D eigenvalue weighted by molar-refractivity contribution is 0.0938. The van der Waals surface area contributed by atoms with Gasteiger partial charge < -0.3 is 11.1 Å². The number of nitrogens with one attached hydrogen (secondary N) is 1. The average Bonchev–Trinajstić information content (AvgIpc) is 3.22. The van der Waals surface area contributed by atoms with Gasteiger partial charge in [-0.3, -0.25) is 4.79 Å². The summed E-state index contributed by atoms with van der Waals surface area (Å²) < 4.78 is 13.6. The van der Waals surface area contributed by atoms with Gasteiger partial charge in [0.05, 0.1) is 5.56 Å². The quantitative estimate of drug-likeness (QED) is 0.853. The predicted octanol–water partition coefficient (Wildman–Crippen LogP) is 1.72. The number of rotatable bonds is 4. The van der Waals surface area contributed by atoms with Crippen LogP contribution in [0.1, 0.15) is 36.0 Å². The molecular weight excluding hydrogens is 233 g/mol. The Morgan fingerprint density at radius 1 is 1.56 bits per heavy atom. The molecule has 96 valence electrons. The number of aromatic nitrogens is 1. The number of anilines is 1. The number of hydrogen-bond donors (Lipinski definition) is 2. The largest absolute Gasteiger partial charge is 0.381 e. The van der Waals surface area contributed by atoms with Crippen LogP contribution in [-0.2, 0) is 0 Å². The zero-order valence-corrected chi connectivity index (χ0v) is 10.1. The Kier molecular flexibility index (Phi) is 2.50. The van der Waals surface area contributed by atoms with Crippen molar-refractivity contribution in [1.82, 2.24) is 10.3 Å². The fourth-order valence-electron chi connectivity index (χ4n) is 2.57. The first-order valence-electron chi connectivity index (χ1n) is 6.30. The van der Waals surface area contributed by atoms with Crippen LogP contribution in [0, 0.1) is 17.2 Å². The van der Waals surface area contributed by atoms with Crippen LogP contribution in [0.5, 0.6) is 0 Å². The summed E-state index contributed by atoms with van der Waals surface area (Å²) in [4.78, 5) is 15.5. The highest BCUT2D eigenvalue weighted by Crippen LogP contribution is 2.60. The van der Waals surface area contributed by atoms with Crippen molar-refractivity contribution in [2.24, 2.45) is 11.3 Å². The van der Waals surface area contributed by atoms with Crippen LogP contribution >= 0.6 is 0 Å². The molecule has 0 aromatic carbocycles. The standard InChI is InChI=1S/C13H16FN3O/c14-10-9(3-6-16-11(10)15)12(18)17-7-13(4-5-13)8-1-2-8/h3,6,8H,1-2,4-5,7H2,(H2,15,16)(H,17,18). The van der Waals surface area contributed by atoms with Gasteiger partial charge in [-0.2, -0.15) is 0 Å². The second kappa shape index (κ2) is 3.93. The molecule has 0 spiro atoms. The smallest absolute Gasteiger partial charge is 0.254 e. The minimum absolute atomic E-state index is 0.0194. The summed E-state index contributed by atoms with van der Waals surface area (Å²) in [6, 6.07) is 1.36. The van der Waals surface area contributed by atoms with Gasteiger partial charge in [0.25, 0.3) is 5.91 Å². The van der Waals surface area contributed by atoms with Crippen molar-refractivity contribution in [3.8, 4) is 0 Å². The topological polar surface area (TPSA) is 68.0 Å². The van der Waals surface area contributed by atoms with E-state index in [-0.39, 0.29) is 11.4 Å². The molecule has 0 bridgehead atoms. The second-order valence-electron chi connectivity index (χ2n) is 5.38. The molecule has 0 unspecified atom stereocenters. The number of nitrogens with zero attached hydrogens (tertiary/aromatic N) is 1. The first-order valence-corrected chi connectivity index (χ1v) is 6.30. The Morgan fingerprint density at radius 2 is 2.28 bits per heavy atom. The molecule has 0 aliphatic heterocycles. The van der Waals surface area contributed by atoms with Crippen molar-refractivity contribution in [1.29, 1.82) is 0 Å². The Labute approximate surface area is 105 Å². The number of pyridine rings is 1. The van der Waals surface area contributed by atoms with Gasteiger partial charge in [0.1, 0.15) is 0 Å². The molecule has 2 aliphatic rings. The number of carbonyl (C=O) groups is 1. The highest BCUT2D eigenvalue weighted by molar-refractivity contribution is 5.95. The number of amides is 1. The first kappa shape index (κ1) is 11.4. The van der Waals surface area contributed by atoms with Gasteiger partial charge in [-0.1, -0.05) is 0 Å². The number of nitrogens with two attached hydrogens (primary N) is 1. The Bertz CT molecular complexity index is 495. The molecule has 1 aromatic rings. The van der Waals surface area contributed by atoms with E-state index in [1.54, 1.807) is 0 Å². The van der Waals surface area contributed by atoms with Crippen LogP contribution in [0.15, 0.2) is 12.3 Å². The van der Waals surface area contributed by atoms with Gasteiger partial charge in [-0.25, -0.2) is 9.37 Å². The van der Waals surface area contributed by atoms with E-state index in [1.807, 2.05) is 0 Å². The minimum atomic E-state index is -0.730. The second-order valence-corrected chi connectivity index (χ2v) is 5.38. The third kappa shape index (κ3) is 1.94. The molecule has 2 saturated carbocycles. The SMILES string of the molecule is Nc1nccc(C(=O)NCC2(C3CC3)CC2)c1F. The third-order valence-electron chi connectivity index (χ3n) is 4.10. The van der Waals surface area contributed by atoms with E-state index in [0.29, 0.717) is 12.0 Å². The molecule has 3 rings (SSSR count). The zero-order chi connectivity index (χ0) is 12.8. The summed E-state index contributed by atoms with van der Waals surface area (Å²) in [6.45, 7) is 0.651. The molecule has 2 fully saturated rings. The van der Waals surface area contributed by atoms with E-state index in [1.165, 1.54) is 37.9 Å². The molecule has 18 heavy (non-hydrogen) atoms. The van der Waals surface area contributed by atoms with Gasteiger partial charge in [-0.15, -0.1) is 0 Å². The van der Waals surface area contributed by atoms with Crippen molar-refractivity contribution in [2.75, 3.05) is 12.3 Å². The first-order chi connectivity index (χ1) is 8.62. The van der Waals surface area contributed by atoms with Crippen LogP contribution in [0.4, 0.5) is 10.2 Å². The lowest BCUT2D eigenvalue weighted by Gasteiger charge is -2.15. The molecule has 0 saturated heterocycles. The summed E-state index contributed by atoms with van der Waals surface area (Å²) in [6.07, 6.45) is 6.25. The van der Waals surface area contributed by atoms with E-state index in [0.717, 1.165) is 5.92 Å². The van der Waals surface area contributed by atoms with Gasteiger partial charge in [0.2, 0.25) is 0 Å². The number of hydrogen-bond acceptors (Lipinski definition) is 3. The van der Waals surface area contributed by atoms with Crippen LogP contribution in [-0.4, -0.2) is 17.4 Å². The fraction of sp³-hybridized carbons (Fsp3) is 0.538. The Hall–Kier alpha value is -1.65. The Morgan fingerprint density at radius 3 is 2.89 bits per heavy atom. The van der Waals surface area contributed by atoms with Crippen molar-refractivity contribution in [3.63, 3.8) is 0 Å². The molecule has 1 amide bonds. The van der Waals surface area contributed by atoms with Gasteiger partial charge in [0, 0.05) is 12.7 Å². The summed E-state index contributed by atoms with van der Waals surface area (Å²) in [5, 5.41) is 2.83. The molecule has 2 aliphatic carbocycles. The summed E-state index contributed by atoms with van der Waals surface area (Å²) in [5.41, 5.74) is 5.64. The highest BCUT2D eigenvalue weighted by atomic mass is 19.1. The van der Waals surface area contributed by atoms with Crippen molar-refractivity contribution in [2.45, 2.75) is 25.7 Å². The van der Waals surface area contributed by atoms with E-state index in [4.69, 9.17) is 5.73 Å². The molecule has 1 heterocycles. The molecule has 0 atom stereocenters. The molecule has 3 N–H and O–H groups in total. The average molecular weight is 249 g/mol. The van der Waals surface area contributed by atoms with Crippen molar-refractivity contribution < 1.29 is 9.18 Å². The number of nitrogen functional groups attached to an aromatic ring is 1. The monoisotopic (exact) mass is 249 g/mol. The van der Waals surface area contributed by atoms with Gasteiger partial charge >= 0.3 is 0 Å². The maximum absolute atomic E-state index is 13.6. The van der Waals surface area contributed by atoms with Crippen LogP contribution < -0.4 is 11.1 Å². The lowest BCUT2D eigenvalue weighted by Crippen LogP contribution is -2.31. The fourth-order valence-corrected chi connectivity index (χ4v) is 2.57. The summed E-state index contributed by atoms with van der Waals surface area (Å²) in [5.74, 6) is -0.587. The summed E-state index contributed by atoms with van der Waals surface area (Å²) in [7, 11) is 0. The van der Waals surface area contributed by atoms with E-state index in [2.05, 4.69) is 10.3 Å². The third-order valence-corrected chi connectivity index (χ3v) is 4.10. The molecule has 5 heteroatoms. The van der Waals surface area contributed by atoms with Gasteiger partial charge in [-0.05, 0) is 43.1 Å². The summed E-state index contributed by atoms with van der Waals surface area (Å²) >= 11 is 0. The molecule has 1 aromatic heterocycles. The predicted molar refractivity (Wildman–Crippen MR) is 65.3 cm³/mol. The lowest BCUT2D eigenvalue weighted by atomic mass is 10.0. The minimum Gasteiger partial charge on any atom is -0.381 e. The highest BCUT2D eigenvalue weighted by Gasteiger charge is 2.53. The van der Waals surface area contributed by atoms with Gasteiger partial charge in [0.15, 0.2) is 11.6 Å². The van der Waals surface area contributed by atoms with E-state index >= 15 is 0 Å². The number of halogens is 1. The van der Waals surface area contributed by atoms with Crippen molar-refractivity contribution >= 4 is 11.7 Å². The van der Waals surface area contributed by atoms with E-state index in [9.17, 15) is 9.18 Å². The molecular formula is C13H16FN3O. The van der Waals surface area contributed by atoms with Crippen LogP contribution in [0.3, 0.4) is 0 Å². The van der Waals surface area contributed by atoms with E-state index < -0.39 is 11.7 Å². The van der Waals surface area contributed by atoms with Crippen LogP contribution in [0.2, 0.25) is 0 Å². The maximum Gasteiger partial charge on any atom is 0.254 e. The normalized spacial score (nSPS) is 20.5. The van der Waals surface area contributed by atoms with Crippen molar-refractivity contribution in [3.05, 3.63) is 23.6 Å². The zero-order valence-electron chi connectivity index (χ0n) is 10.1.